The van der Waals surface area contributed by atoms with E-state index in [1.165, 1.54) is 6.42 Å². The van der Waals surface area contributed by atoms with Crippen molar-refractivity contribution in [2.75, 3.05) is 30.7 Å². The molecule has 0 aliphatic carbocycles. The van der Waals surface area contributed by atoms with Crippen molar-refractivity contribution >= 4 is 34.9 Å². The number of aromatic nitrogens is 1. The zero-order valence-electron chi connectivity index (χ0n) is 17.5. The molecule has 1 aromatic carbocycles. The van der Waals surface area contributed by atoms with Crippen LogP contribution in [0.3, 0.4) is 0 Å². The van der Waals surface area contributed by atoms with Crippen LogP contribution in [0.15, 0.2) is 46.6 Å². The van der Waals surface area contributed by atoms with Crippen molar-refractivity contribution in [3.63, 3.8) is 0 Å². The summed E-state index contributed by atoms with van der Waals surface area (Å²) in [6.45, 7) is 3.63. The SMILES string of the molecule is C[C@H](N)C(=O)Nc1ccc(N=Nc2ccccc2OC(=O)CN2CCCCC2)c(N)n1. The maximum atomic E-state index is 12.3. The zero-order chi connectivity index (χ0) is 22.2. The number of nitrogens with two attached hydrogens (primary N) is 2. The Kier molecular flexibility index (Phi) is 7.63. The average Bonchev–Trinajstić information content (AvgIpc) is 2.74. The van der Waals surface area contributed by atoms with Crippen LogP contribution >= 0.6 is 0 Å². The van der Waals surface area contributed by atoms with Crippen molar-refractivity contribution in [3.8, 4) is 5.75 Å². The molecule has 1 amide bonds. The highest BCUT2D eigenvalue weighted by atomic mass is 16.5. The molecular formula is C21H27N7O3. The van der Waals surface area contributed by atoms with Gasteiger partial charge in [-0.25, -0.2) is 4.98 Å². The van der Waals surface area contributed by atoms with Crippen molar-refractivity contribution in [2.45, 2.75) is 32.2 Å². The van der Waals surface area contributed by atoms with Gasteiger partial charge in [0, 0.05) is 0 Å². The van der Waals surface area contributed by atoms with Crippen LogP contribution in [0.5, 0.6) is 5.75 Å². The second kappa shape index (κ2) is 10.6. The minimum Gasteiger partial charge on any atom is -0.423 e. The summed E-state index contributed by atoms with van der Waals surface area (Å²) in [5, 5.41) is 10.8. The van der Waals surface area contributed by atoms with E-state index in [4.69, 9.17) is 16.2 Å². The van der Waals surface area contributed by atoms with Gasteiger partial charge >= 0.3 is 5.97 Å². The molecule has 1 saturated heterocycles. The van der Waals surface area contributed by atoms with Crippen LogP contribution in [-0.2, 0) is 9.59 Å². The van der Waals surface area contributed by atoms with Crippen molar-refractivity contribution in [1.82, 2.24) is 9.88 Å². The molecule has 1 aliphatic rings. The summed E-state index contributed by atoms with van der Waals surface area (Å²) >= 11 is 0. The van der Waals surface area contributed by atoms with Gasteiger partial charge in [0.15, 0.2) is 11.6 Å². The number of nitrogen functional groups attached to an aromatic ring is 1. The molecule has 10 nitrogen and oxygen atoms in total. The Morgan fingerprint density at radius 1 is 1.13 bits per heavy atom. The number of benzene rings is 1. The third-order valence-electron chi connectivity index (χ3n) is 4.72. The lowest BCUT2D eigenvalue weighted by Crippen LogP contribution is -2.36. The van der Waals surface area contributed by atoms with E-state index in [-0.39, 0.29) is 30.1 Å². The number of carbonyl (C=O) groups excluding carboxylic acids is 2. The van der Waals surface area contributed by atoms with E-state index >= 15 is 0 Å². The van der Waals surface area contributed by atoms with Crippen molar-refractivity contribution in [2.24, 2.45) is 16.0 Å². The second-order valence-corrected chi connectivity index (χ2v) is 7.36. The van der Waals surface area contributed by atoms with E-state index in [2.05, 4.69) is 25.4 Å². The quantitative estimate of drug-likeness (QED) is 0.351. The highest BCUT2D eigenvalue weighted by Gasteiger charge is 2.16. The molecule has 0 saturated carbocycles. The Balaban J connectivity index is 1.67. The number of esters is 1. The van der Waals surface area contributed by atoms with E-state index in [0.29, 0.717) is 17.1 Å². The average molecular weight is 425 g/mol. The third kappa shape index (κ3) is 6.56. The minimum absolute atomic E-state index is 0.0887. The summed E-state index contributed by atoms with van der Waals surface area (Å²) in [5.74, 6) is -0.0290. The monoisotopic (exact) mass is 425 g/mol. The summed E-state index contributed by atoms with van der Waals surface area (Å²) < 4.78 is 5.51. The first kappa shape index (κ1) is 22.3. The van der Waals surface area contributed by atoms with Gasteiger partial charge in [-0.15, -0.1) is 10.2 Å². The Bertz CT molecular complexity index is 956. The molecule has 2 aromatic rings. The lowest BCUT2D eigenvalue weighted by molar-refractivity contribution is -0.135. The van der Waals surface area contributed by atoms with E-state index in [1.54, 1.807) is 43.3 Å². The normalized spacial score (nSPS) is 15.5. The first-order valence-corrected chi connectivity index (χ1v) is 10.2. The molecule has 0 unspecified atom stereocenters. The Morgan fingerprint density at radius 3 is 2.55 bits per heavy atom. The van der Waals surface area contributed by atoms with Crippen LogP contribution in [0.2, 0.25) is 0 Å². The Hall–Kier alpha value is -3.37. The molecule has 164 valence electrons. The van der Waals surface area contributed by atoms with E-state index in [9.17, 15) is 9.59 Å². The lowest BCUT2D eigenvalue weighted by atomic mass is 10.1. The molecule has 0 bridgehead atoms. The van der Waals surface area contributed by atoms with Gasteiger partial charge < -0.3 is 21.5 Å². The highest BCUT2D eigenvalue weighted by molar-refractivity contribution is 5.93. The molecule has 1 atom stereocenters. The van der Waals surface area contributed by atoms with Crippen LogP contribution < -0.4 is 21.5 Å². The molecule has 5 N–H and O–H groups in total. The zero-order valence-corrected chi connectivity index (χ0v) is 17.5. The molecule has 0 radical (unpaired) electrons. The van der Waals surface area contributed by atoms with Gasteiger partial charge in [0.1, 0.15) is 17.2 Å². The number of carbonyl (C=O) groups is 2. The molecule has 1 aromatic heterocycles. The summed E-state index contributed by atoms with van der Waals surface area (Å²) in [6, 6.07) is 9.34. The maximum Gasteiger partial charge on any atom is 0.325 e. The minimum atomic E-state index is -0.670. The first-order valence-electron chi connectivity index (χ1n) is 10.2. The number of azo groups is 1. The number of hydrogen-bond acceptors (Lipinski definition) is 9. The van der Waals surface area contributed by atoms with E-state index in [1.807, 2.05) is 0 Å². The van der Waals surface area contributed by atoms with E-state index in [0.717, 1.165) is 25.9 Å². The van der Waals surface area contributed by atoms with Crippen molar-refractivity contribution in [3.05, 3.63) is 36.4 Å². The van der Waals surface area contributed by atoms with Gasteiger partial charge in [0.2, 0.25) is 5.91 Å². The summed E-state index contributed by atoms with van der Waals surface area (Å²) in [7, 11) is 0. The molecular weight excluding hydrogens is 398 g/mol. The largest absolute Gasteiger partial charge is 0.423 e. The smallest absolute Gasteiger partial charge is 0.325 e. The van der Waals surface area contributed by atoms with Gasteiger partial charge in [0.25, 0.3) is 0 Å². The number of likely N-dealkylation sites (tertiary alicyclic amines) is 1. The van der Waals surface area contributed by atoms with Gasteiger partial charge in [-0.05, 0) is 57.1 Å². The molecule has 10 heteroatoms. The number of anilines is 2. The number of rotatable bonds is 7. The number of piperidine rings is 1. The van der Waals surface area contributed by atoms with Gasteiger partial charge in [-0.2, -0.15) is 0 Å². The number of ether oxygens (including phenoxy) is 1. The number of nitrogens with zero attached hydrogens (tertiary/aromatic N) is 4. The second-order valence-electron chi connectivity index (χ2n) is 7.36. The number of pyridine rings is 1. The van der Waals surface area contributed by atoms with Gasteiger partial charge in [0.05, 0.1) is 12.6 Å². The number of para-hydroxylation sites is 1. The predicted molar refractivity (Wildman–Crippen MR) is 117 cm³/mol. The standard InChI is InChI=1S/C21H27N7O3/c1-14(22)21(30)25-18-10-9-16(20(23)24-18)27-26-15-7-3-4-8-17(15)31-19(29)13-28-11-5-2-6-12-28/h3-4,7-10,14H,2,5-6,11-13,22H2,1H3,(H3,23,24,25,30)/t14-/m0/s1. The predicted octanol–water partition coefficient (Wildman–Crippen LogP) is 2.76. The van der Waals surface area contributed by atoms with E-state index < -0.39 is 6.04 Å². The Morgan fingerprint density at radius 2 is 1.84 bits per heavy atom. The molecule has 1 aliphatic heterocycles. The maximum absolute atomic E-state index is 12.3. The van der Waals surface area contributed by atoms with Crippen LogP contribution in [-0.4, -0.2) is 47.4 Å². The summed E-state index contributed by atoms with van der Waals surface area (Å²) in [6.07, 6.45) is 3.40. The van der Waals surface area contributed by atoms with Crippen LogP contribution in [0.1, 0.15) is 26.2 Å². The number of hydrogen-bond donors (Lipinski definition) is 3. The summed E-state index contributed by atoms with van der Waals surface area (Å²) in [4.78, 5) is 30.2. The first-order chi connectivity index (χ1) is 14.9. The van der Waals surface area contributed by atoms with Crippen molar-refractivity contribution < 1.29 is 14.3 Å². The van der Waals surface area contributed by atoms with Gasteiger partial charge in [-0.3, -0.25) is 14.5 Å². The molecule has 31 heavy (non-hydrogen) atoms. The topological polar surface area (TPSA) is 148 Å². The fraction of sp³-hybridized carbons (Fsp3) is 0.381. The fourth-order valence-corrected chi connectivity index (χ4v) is 3.05. The molecule has 3 rings (SSSR count). The number of nitrogens with one attached hydrogen (secondary N) is 1. The highest BCUT2D eigenvalue weighted by Crippen LogP contribution is 2.30. The molecule has 1 fully saturated rings. The van der Waals surface area contributed by atoms with Crippen LogP contribution in [0, 0.1) is 0 Å². The number of amides is 1. The molecule has 2 heterocycles. The lowest BCUT2D eigenvalue weighted by Gasteiger charge is -2.25. The molecule has 0 spiro atoms. The summed E-state index contributed by atoms with van der Waals surface area (Å²) in [5.41, 5.74) is 12.1. The van der Waals surface area contributed by atoms with Crippen LogP contribution in [0.25, 0.3) is 0 Å². The Labute approximate surface area is 180 Å². The van der Waals surface area contributed by atoms with Gasteiger partial charge in [-0.1, -0.05) is 18.6 Å². The third-order valence-corrected chi connectivity index (χ3v) is 4.72. The van der Waals surface area contributed by atoms with Crippen molar-refractivity contribution in [1.29, 1.82) is 0 Å². The fourth-order valence-electron chi connectivity index (χ4n) is 3.05. The van der Waals surface area contributed by atoms with Crippen LogP contribution in [0.4, 0.5) is 23.0 Å².